The lowest BCUT2D eigenvalue weighted by atomic mass is 10.2. The molecule has 0 bridgehead atoms. The summed E-state index contributed by atoms with van der Waals surface area (Å²) in [5.41, 5.74) is 0.936. The normalized spacial score (nSPS) is 10.4. The quantitative estimate of drug-likeness (QED) is 0.784. The van der Waals surface area contributed by atoms with E-state index in [4.69, 9.17) is 9.84 Å². The van der Waals surface area contributed by atoms with Crippen molar-refractivity contribution < 1.29 is 14.6 Å². The number of rotatable bonds is 3. The van der Waals surface area contributed by atoms with E-state index in [1.165, 1.54) is 6.07 Å². The topological polar surface area (TPSA) is 59.4 Å². The molecule has 0 saturated heterocycles. The van der Waals surface area contributed by atoms with E-state index < -0.39 is 5.97 Å². The molecule has 3 aromatic rings. The third-order valence-corrected chi connectivity index (χ3v) is 2.95. The van der Waals surface area contributed by atoms with Crippen molar-refractivity contribution in [3.05, 3.63) is 66.4 Å². The van der Waals surface area contributed by atoms with E-state index in [0.717, 1.165) is 10.9 Å². The van der Waals surface area contributed by atoms with Gasteiger partial charge in [-0.3, -0.25) is 4.98 Å². The Bertz CT molecular complexity index is 778. The minimum atomic E-state index is -1.01. The van der Waals surface area contributed by atoms with E-state index in [2.05, 4.69) is 4.98 Å². The van der Waals surface area contributed by atoms with E-state index in [-0.39, 0.29) is 5.56 Å². The zero-order valence-corrected chi connectivity index (χ0v) is 10.5. The molecule has 98 valence electrons. The Hall–Kier alpha value is -2.88. The van der Waals surface area contributed by atoms with Crippen LogP contribution < -0.4 is 4.74 Å². The molecule has 1 heterocycles. The van der Waals surface area contributed by atoms with Crippen molar-refractivity contribution in [3.63, 3.8) is 0 Å². The maximum Gasteiger partial charge on any atom is 0.339 e. The highest BCUT2D eigenvalue weighted by atomic mass is 16.5. The van der Waals surface area contributed by atoms with Crippen molar-refractivity contribution >= 4 is 16.9 Å². The van der Waals surface area contributed by atoms with Crippen molar-refractivity contribution in [3.8, 4) is 11.5 Å². The number of ether oxygens (including phenoxy) is 1. The van der Waals surface area contributed by atoms with Crippen LogP contribution >= 0.6 is 0 Å². The van der Waals surface area contributed by atoms with E-state index >= 15 is 0 Å². The maximum absolute atomic E-state index is 11.2. The molecule has 0 saturated carbocycles. The van der Waals surface area contributed by atoms with Crippen LogP contribution in [0.4, 0.5) is 0 Å². The number of benzene rings is 2. The van der Waals surface area contributed by atoms with Gasteiger partial charge in [-0.1, -0.05) is 24.3 Å². The summed E-state index contributed by atoms with van der Waals surface area (Å²) in [5, 5.41) is 10.0. The van der Waals surface area contributed by atoms with Gasteiger partial charge in [0.1, 0.15) is 17.1 Å². The Morgan fingerprint density at radius 1 is 0.950 bits per heavy atom. The summed E-state index contributed by atoms with van der Waals surface area (Å²) < 4.78 is 5.76. The predicted octanol–water partition coefficient (Wildman–Crippen LogP) is 3.73. The largest absolute Gasteiger partial charge is 0.478 e. The second kappa shape index (κ2) is 5.01. The first-order valence-electron chi connectivity index (χ1n) is 6.09. The fourth-order valence-corrected chi connectivity index (χ4v) is 2.01. The lowest BCUT2D eigenvalue weighted by Gasteiger charge is -2.10. The van der Waals surface area contributed by atoms with Gasteiger partial charge in [-0.2, -0.15) is 0 Å². The first-order valence-corrected chi connectivity index (χ1v) is 6.09. The summed E-state index contributed by atoms with van der Waals surface area (Å²) in [5.74, 6) is -0.111. The summed E-state index contributed by atoms with van der Waals surface area (Å²) in [7, 11) is 0. The fourth-order valence-electron chi connectivity index (χ4n) is 2.01. The number of carbonyl (C=O) groups is 1. The first-order chi connectivity index (χ1) is 9.75. The van der Waals surface area contributed by atoms with Gasteiger partial charge in [-0.25, -0.2) is 4.79 Å². The van der Waals surface area contributed by atoms with Gasteiger partial charge in [-0.05, 0) is 30.3 Å². The second-order valence-corrected chi connectivity index (χ2v) is 4.23. The molecular weight excluding hydrogens is 254 g/mol. The number of para-hydroxylation sites is 2. The molecule has 20 heavy (non-hydrogen) atoms. The number of hydrogen-bond donors (Lipinski definition) is 1. The molecule has 0 aliphatic carbocycles. The van der Waals surface area contributed by atoms with E-state index in [9.17, 15) is 4.79 Å². The highest BCUT2D eigenvalue weighted by molar-refractivity contribution is 5.91. The minimum Gasteiger partial charge on any atom is -0.478 e. The van der Waals surface area contributed by atoms with E-state index in [1.54, 1.807) is 30.5 Å². The molecular formula is C16H11NO3. The SMILES string of the molecule is O=C(O)c1ccccc1Oc1ccnc2ccccc12. The summed E-state index contributed by atoms with van der Waals surface area (Å²) >= 11 is 0. The van der Waals surface area contributed by atoms with Gasteiger partial charge in [0.15, 0.2) is 0 Å². The number of aromatic carboxylic acids is 1. The minimum absolute atomic E-state index is 0.133. The van der Waals surface area contributed by atoms with Crippen LogP contribution in [0.2, 0.25) is 0 Å². The predicted molar refractivity (Wildman–Crippen MR) is 75.2 cm³/mol. The van der Waals surface area contributed by atoms with Crippen molar-refractivity contribution in [1.29, 1.82) is 0 Å². The van der Waals surface area contributed by atoms with Crippen molar-refractivity contribution in [1.82, 2.24) is 4.98 Å². The lowest BCUT2D eigenvalue weighted by Crippen LogP contribution is -1.99. The van der Waals surface area contributed by atoms with E-state index in [1.807, 2.05) is 24.3 Å². The van der Waals surface area contributed by atoms with Gasteiger partial charge in [-0.15, -0.1) is 0 Å². The molecule has 0 atom stereocenters. The molecule has 1 N–H and O–H groups in total. The number of carboxylic acids is 1. The van der Waals surface area contributed by atoms with Crippen molar-refractivity contribution in [2.45, 2.75) is 0 Å². The third-order valence-electron chi connectivity index (χ3n) is 2.95. The fraction of sp³-hybridized carbons (Fsp3) is 0. The van der Waals surface area contributed by atoms with Crippen LogP contribution in [0.5, 0.6) is 11.5 Å². The molecule has 0 spiro atoms. The zero-order chi connectivity index (χ0) is 13.9. The Labute approximate surface area is 115 Å². The molecule has 3 rings (SSSR count). The van der Waals surface area contributed by atoms with Crippen LogP contribution in [0.15, 0.2) is 60.8 Å². The highest BCUT2D eigenvalue weighted by Crippen LogP contribution is 2.30. The van der Waals surface area contributed by atoms with Crippen LogP contribution in [-0.2, 0) is 0 Å². The van der Waals surface area contributed by atoms with Crippen molar-refractivity contribution in [2.24, 2.45) is 0 Å². The second-order valence-electron chi connectivity index (χ2n) is 4.23. The van der Waals surface area contributed by atoms with Gasteiger partial charge in [0, 0.05) is 11.6 Å². The van der Waals surface area contributed by atoms with Gasteiger partial charge < -0.3 is 9.84 Å². The molecule has 1 aromatic heterocycles. The standard InChI is InChI=1S/C16H11NO3/c18-16(19)12-6-2-4-8-14(12)20-15-9-10-17-13-7-3-1-5-11(13)15/h1-10H,(H,18,19). The van der Waals surface area contributed by atoms with Crippen molar-refractivity contribution in [2.75, 3.05) is 0 Å². The van der Waals surface area contributed by atoms with Gasteiger partial charge in [0.25, 0.3) is 0 Å². The van der Waals surface area contributed by atoms with Gasteiger partial charge >= 0.3 is 5.97 Å². The summed E-state index contributed by atoms with van der Waals surface area (Å²) in [4.78, 5) is 15.4. The van der Waals surface area contributed by atoms with E-state index in [0.29, 0.717) is 11.5 Å². The zero-order valence-electron chi connectivity index (χ0n) is 10.5. The molecule has 0 aliphatic rings. The number of pyridine rings is 1. The lowest BCUT2D eigenvalue weighted by molar-refractivity contribution is 0.0694. The van der Waals surface area contributed by atoms with Gasteiger partial charge in [0.05, 0.1) is 5.52 Å². The van der Waals surface area contributed by atoms with Gasteiger partial charge in [0.2, 0.25) is 0 Å². The van der Waals surface area contributed by atoms with Crippen LogP contribution in [0.3, 0.4) is 0 Å². The number of aromatic nitrogens is 1. The maximum atomic E-state index is 11.2. The molecule has 0 radical (unpaired) electrons. The molecule has 0 fully saturated rings. The summed E-state index contributed by atoms with van der Waals surface area (Å²) in [6, 6.07) is 15.8. The number of hydrogen-bond acceptors (Lipinski definition) is 3. The highest BCUT2D eigenvalue weighted by Gasteiger charge is 2.12. The number of fused-ring (bicyclic) bond motifs is 1. The Morgan fingerprint density at radius 3 is 2.55 bits per heavy atom. The molecule has 0 aliphatic heterocycles. The third kappa shape index (κ3) is 2.19. The monoisotopic (exact) mass is 265 g/mol. The Morgan fingerprint density at radius 2 is 1.70 bits per heavy atom. The molecule has 4 nitrogen and oxygen atoms in total. The first kappa shape index (κ1) is 12.2. The molecule has 0 unspecified atom stereocenters. The smallest absolute Gasteiger partial charge is 0.339 e. The molecule has 2 aromatic carbocycles. The molecule has 0 amide bonds. The number of carboxylic acid groups (broad SMARTS) is 1. The van der Waals surface area contributed by atoms with Crippen LogP contribution in [0.25, 0.3) is 10.9 Å². The Kier molecular flexibility index (Phi) is 3.05. The number of nitrogens with zero attached hydrogens (tertiary/aromatic N) is 1. The summed E-state index contributed by atoms with van der Waals surface area (Å²) in [6.45, 7) is 0. The average molecular weight is 265 g/mol. The summed E-state index contributed by atoms with van der Waals surface area (Å²) in [6.07, 6.45) is 1.64. The average Bonchev–Trinajstić information content (AvgIpc) is 2.48. The van der Waals surface area contributed by atoms with Crippen LogP contribution in [0.1, 0.15) is 10.4 Å². The Balaban J connectivity index is 2.08. The van der Waals surface area contributed by atoms with Crippen LogP contribution in [-0.4, -0.2) is 16.1 Å². The molecule has 4 heteroatoms. The van der Waals surface area contributed by atoms with Crippen LogP contribution in [0, 0.1) is 0 Å².